The van der Waals surface area contributed by atoms with Crippen molar-refractivity contribution in [3.63, 3.8) is 0 Å². The first kappa shape index (κ1) is 16.7. The van der Waals surface area contributed by atoms with E-state index < -0.39 is 0 Å². The van der Waals surface area contributed by atoms with Crippen LogP contribution in [0.3, 0.4) is 0 Å². The van der Waals surface area contributed by atoms with Crippen molar-refractivity contribution in [1.82, 2.24) is 30.0 Å². The van der Waals surface area contributed by atoms with E-state index in [1.807, 2.05) is 12.1 Å². The van der Waals surface area contributed by atoms with E-state index in [2.05, 4.69) is 20.6 Å². The average molecular weight is 384 g/mol. The summed E-state index contributed by atoms with van der Waals surface area (Å²) >= 11 is 0. The van der Waals surface area contributed by atoms with Crippen LogP contribution in [0.1, 0.15) is 0 Å². The Kier molecular flexibility index (Phi) is 4.67. The molecule has 26 heavy (non-hydrogen) atoms. The van der Waals surface area contributed by atoms with E-state index in [-0.39, 0.29) is 11.1 Å². The summed E-state index contributed by atoms with van der Waals surface area (Å²) < 4.78 is 2.60. The van der Waals surface area contributed by atoms with Crippen molar-refractivity contribution in [2.24, 2.45) is 0 Å². The van der Waals surface area contributed by atoms with E-state index in [0.717, 1.165) is 0 Å². The quantitative estimate of drug-likeness (QED) is 0.380. The van der Waals surface area contributed by atoms with Gasteiger partial charge in [-0.3, -0.25) is 9.59 Å². The monoisotopic (exact) mass is 384 g/mol. The zero-order valence-electron chi connectivity index (χ0n) is 13.3. The summed E-state index contributed by atoms with van der Waals surface area (Å²) in [6, 6.07) is 14.2. The molecule has 0 saturated heterocycles. The minimum Gasteiger partial charge on any atom is -0.267 e. The number of aromatic nitrogens is 6. The Hall–Kier alpha value is -2.72. The molecule has 2 heterocycles. The van der Waals surface area contributed by atoms with Gasteiger partial charge in [-0.05, 0) is 24.3 Å². The highest BCUT2D eigenvalue weighted by Gasteiger charge is 2.07. The van der Waals surface area contributed by atoms with Crippen molar-refractivity contribution in [3.05, 3.63) is 69.2 Å². The summed E-state index contributed by atoms with van der Waals surface area (Å²) in [4.78, 5) is 24.7. The van der Waals surface area contributed by atoms with Crippen LogP contribution in [0.25, 0.3) is 21.8 Å². The second kappa shape index (κ2) is 7.26. The number of hydrogen-bond donors (Lipinski definition) is 0. The third-order valence-corrected chi connectivity index (χ3v) is 5.69. The van der Waals surface area contributed by atoms with Crippen LogP contribution in [0.4, 0.5) is 0 Å². The lowest BCUT2D eigenvalue weighted by atomic mass is 10.2. The molecule has 4 rings (SSSR count). The summed E-state index contributed by atoms with van der Waals surface area (Å²) in [6.07, 6.45) is 0. The van der Waals surface area contributed by atoms with E-state index in [1.54, 1.807) is 36.4 Å². The Balaban J connectivity index is 1.45. The van der Waals surface area contributed by atoms with E-state index in [9.17, 15) is 9.59 Å². The van der Waals surface area contributed by atoms with Crippen molar-refractivity contribution < 1.29 is 0 Å². The Morgan fingerprint density at radius 2 is 1.12 bits per heavy atom. The van der Waals surface area contributed by atoms with Crippen molar-refractivity contribution in [1.29, 1.82) is 0 Å². The zero-order valence-corrected chi connectivity index (χ0v) is 15.0. The van der Waals surface area contributed by atoms with Gasteiger partial charge in [0, 0.05) is 0 Å². The predicted octanol–water partition coefficient (Wildman–Crippen LogP) is 1.89. The highest BCUT2D eigenvalue weighted by molar-refractivity contribution is 8.76. The lowest BCUT2D eigenvalue weighted by Gasteiger charge is -2.05. The molecule has 2 aromatic carbocycles. The van der Waals surface area contributed by atoms with E-state index >= 15 is 0 Å². The largest absolute Gasteiger partial charge is 0.278 e. The molecule has 10 heteroatoms. The molecule has 0 radical (unpaired) electrons. The van der Waals surface area contributed by atoms with E-state index in [0.29, 0.717) is 33.6 Å². The van der Waals surface area contributed by atoms with Gasteiger partial charge in [0.2, 0.25) is 0 Å². The van der Waals surface area contributed by atoms with Gasteiger partial charge in [-0.1, -0.05) is 56.3 Å². The molecule has 0 fully saturated rings. The molecular weight excluding hydrogens is 372 g/mol. The minimum absolute atomic E-state index is 0.189. The maximum atomic E-state index is 12.4. The first-order valence-electron chi connectivity index (χ1n) is 7.63. The molecule has 0 atom stereocenters. The van der Waals surface area contributed by atoms with Crippen LogP contribution in [-0.4, -0.2) is 30.0 Å². The molecular formula is C16H12N6O2S2. The number of benzene rings is 2. The van der Waals surface area contributed by atoms with Crippen molar-refractivity contribution in [3.8, 4) is 0 Å². The maximum Gasteiger partial charge on any atom is 0.278 e. The molecule has 0 aliphatic carbocycles. The van der Waals surface area contributed by atoms with Crippen LogP contribution in [0.15, 0.2) is 58.1 Å². The van der Waals surface area contributed by atoms with Crippen LogP contribution in [0.5, 0.6) is 0 Å². The van der Waals surface area contributed by atoms with E-state index in [1.165, 1.54) is 31.0 Å². The second-order valence-electron chi connectivity index (χ2n) is 5.32. The molecule has 0 unspecified atom stereocenters. The van der Waals surface area contributed by atoms with Gasteiger partial charge in [0.05, 0.1) is 10.8 Å². The van der Waals surface area contributed by atoms with Gasteiger partial charge in [0.1, 0.15) is 22.8 Å². The molecule has 0 bridgehead atoms. The predicted molar refractivity (Wildman–Crippen MR) is 103 cm³/mol. The summed E-state index contributed by atoms with van der Waals surface area (Å²) in [6.45, 7) is 0. The molecule has 0 saturated carbocycles. The molecule has 0 N–H and O–H groups in total. The summed E-state index contributed by atoms with van der Waals surface area (Å²) in [5.74, 6) is 0.633. The Labute approximate surface area is 154 Å². The molecule has 8 nitrogen and oxygen atoms in total. The summed E-state index contributed by atoms with van der Waals surface area (Å²) in [7, 11) is 2.78. The summed E-state index contributed by atoms with van der Waals surface area (Å²) in [5, 5.41) is 17.0. The first-order chi connectivity index (χ1) is 12.7. The molecule has 130 valence electrons. The van der Waals surface area contributed by atoms with Gasteiger partial charge < -0.3 is 0 Å². The fourth-order valence-electron chi connectivity index (χ4n) is 2.39. The van der Waals surface area contributed by atoms with Gasteiger partial charge >= 0.3 is 0 Å². The Bertz CT molecular complexity index is 1110. The topological polar surface area (TPSA) is 95.6 Å². The zero-order chi connectivity index (χ0) is 17.9. The van der Waals surface area contributed by atoms with Crippen molar-refractivity contribution in [2.75, 3.05) is 0 Å². The average Bonchev–Trinajstić information content (AvgIpc) is 2.68. The van der Waals surface area contributed by atoms with Gasteiger partial charge in [-0.25, -0.2) is 0 Å². The molecule has 2 aromatic heterocycles. The fraction of sp³-hybridized carbons (Fsp3) is 0.125. The Morgan fingerprint density at radius 1 is 0.692 bits per heavy atom. The van der Waals surface area contributed by atoms with Crippen molar-refractivity contribution >= 4 is 43.4 Å². The van der Waals surface area contributed by atoms with Crippen LogP contribution < -0.4 is 11.1 Å². The SMILES string of the molecule is O=c1c2ccccc2nnn1CSSCn1nnc2ccccc2c1=O. The van der Waals surface area contributed by atoms with Gasteiger partial charge in [0.15, 0.2) is 0 Å². The lowest BCUT2D eigenvalue weighted by Crippen LogP contribution is -2.24. The molecule has 0 aliphatic heterocycles. The van der Waals surface area contributed by atoms with Crippen LogP contribution >= 0.6 is 21.6 Å². The first-order valence-corrected chi connectivity index (χ1v) is 10.1. The van der Waals surface area contributed by atoms with E-state index in [4.69, 9.17) is 0 Å². The fourth-order valence-corrected chi connectivity index (χ4v) is 4.12. The Morgan fingerprint density at radius 3 is 1.58 bits per heavy atom. The van der Waals surface area contributed by atoms with Crippen molar-refractivity contribution in [2.45, 2.75) is 11.8 Å². The van der Waals surface area contributed by atoms with Gasteiger partial charge in [0.25, 0.3) is 11.1 Å². The van der Waals surface area contributed by atoms with Crippen LogP contribution in [0, 0.1) is 0 Å². The third kappa shape index (κ3) is 3.20. The van der Waals surface area contributed by atoms with Gasteiger partial charge in [-0.2, -0.15) is 9.36 Å². The molecule has 0 spiro atoms. The number of nitrogens with zero attached hydrogens (tertiary/aromatic N) is 6. The molecule has 0 aliphatic rings. The smallest absolute Gasteiger partial charge is 0.267 e. The molecule has 0 amide bonds. The van der Waals surface area contributed by atoms with Crippen LogP contribution in [0.2, 0.25) is 0 Å². The number of rotatable bonds is 5. The summed E-state index contributed by atoms with van der Waals surface area (Å²) in [5.41, 5.74) is 0.770. The number of fused-ring (bicyclic) bond motifs is 2. The minimum atomic E-state index is -0.189. The third-order valence-electron chi connectivity index (χ3n) is 3.69. The van der Waals surface area contributed by atoms with Gasteiger partial charge in [-0.15, -0.1) is 10.2 Å². The maximum absolute atomic E-state index is 12.4. The molecule has 4 aromatic rings. The normalized spacial score (nSPS) is 11.2. The number of hydrogen-bond acceptors (Lipinski definition) is 8. The standard InChI is InChI=1S/C16H12N6O2S2/c23-15-11-5-1-3-7-13(11)17-19-21(15)9-25-26-10-22-16(24)12-6-2-4-8-14(12)18-20-22/h1-8H,9-10H2. The lowest BCUT2D eigenvalue weighted by molar-refractivity contribution is 0.644. The second-order valence-corrected chi connectivity index (χ2v) is 7.72. The van der Waals surface area contributed by atoms with Crippen LogP contribution in [-0.2, 0) is 11.8 Å². The highest BCUT2D eigenvalue weighted by Crippen LogP contribution is 2.23. The highest BCUT2D eigenvalue weighted by atomic mass is 33.1.